The lowest BCUT2D eigenvalue weighted by Gasteiger charge is -2.03. The van der Waals surface area contributed by atoms with Crippen LogP contribution >= 0.6 is 0 Å². The minimum atomic E-state index is -0.503. The van der Waals surface area contributed by atoms with E-state index < -0.39 is 10.8 Å². The molecule has 0 aromatic heterocycles. The Kier molecular flexibility index (Phi) is 7.91. The number of non-ortho nitro benzene ring substituents is 1. The molecule has 0 heterocycles. The lowest BCUT2D eigenvalue weighted by Crippen LogP contribution is -2.17. The third-order valence-electron chi connectivity index (χ3n) is 3.96. The fraction of sp³-hybridized carbons (Fsp3) is 0.238. The number of rotatable bonds is 9. The van der Waals surface area contributed by atoms with Gasteiger partial charge >= 0.3 is 0 Å². The number of nitro benzene ring substituents is 1. The van der Waals surface area contributed by atoms with Gasteiger partial charge in [-0.05, 0) is 36.1 Å². The Labute approximate surface area is 158 Å². The van der Waals surface area contributed by atoms with Gasteiger partial charge in [-0.2, -0.15) is 5.10 Å². The number of unbranched alkanes of at least 4 members (excludes halogenated alkanes) is 2. The molecule has 1 N–H and O–H groups in total. The van der Waals surface area contributed by atoms with Crippen LogP contribution in [-0.4, -0.2) is 17.0 Å². The van der Waals surface area contributed by atoms with E-state index in [-0.39, 0.29) is 5.69 Å². The first-order valence-electron chi connectivity index (χ1n) is 8.93. The van der Waals surface area contributed by atoms with Gasteiger partial charge in [-0.1, -0.05) is 56.2 Å². The summed E-state index contributed by atoms with van der Waals surface area (Å²) in [6, 6.07) is 15.4. The van der Waals surface area contributed by atoms with Crippen molar-refractivity contribution in [3.63, 3.8) is 0 Å². The molecule has 0 fully saturated rings. The maximum atomic E-state index is 12.1. The van der Waals surface area contributed by atoms with Crippen molar-refractivity contribution in [1.82, 2.24) is 5.43 Å². The van der Waals surface area contributed by atoms with Crippen molar-refractivity contribution in [3.05, 3.63) is 81.4 Å². The molecule has 6 heteroatoms. The molecule has 0 radical (unpaired) electrons. The van der Waals surface area contributed by atoms with Gasteiger partial charge in [0.05, 0.1) is 11.1 Å². The van der Waals surface area contributed by atoms with Crippen LogP contribution in [0.4, 0.5) is 5.69 Å². The van der Waals surface area contributed by atoms with E-state index in [0.29, 0.717) is 5.56 Å². The van der Waals surface area contributed by atoms with E-state index >= 15 is 0 Å². The van der Waals surface area contributed by atoms with Crippen molar-refractivity contribution in [3.8, 4) is 0 Å². The standard InChI is InChI=1S/C21H23N3O3/c1-2-3-5-10-18(15-17-8-6-4-7-9-17)16-22-23-21(25)19-11-13-20(14-12-19)24(26)27/h4,6-9,11-16H,2-3,5,10H2,1H3,(H,23,25)/b18-15+,22-16+. The maximum Gasteiger partial charge on any atom is 0.271 e. The molecule has 0 atom stereocenters. The first-order chi connectivity index (χ1) is 13.1. The normalized spacial score (nSPS) is 11.5. The van der Waals surface area contributed by atoms with E-state index in [9.17, 15) is 14.9 Å². The number of carbonyl (C=O) groups is 1. The van der Waals surface area contributed by atoms with Crippen molar-refractivity contribution >= 4 is 23.9 Å². The van der Waals surface area contributed by atoms with Crippen LogP contribution in [0.3, 0.4) is 0 Å². The lowest BCUT2D eigenvalue weighted by atomic mass is 10.1. The molecule has 6 nitrogen and oxygen atoms in total. The number of nitro groups is 1. The number of allylic oxidation sites excluding steroid dienone is 1. The largest absolute Gasteiger partial charge is 0.271 e. The van der Waals surface area contributed by atoms with Crippen molar-refractivity contribution in [1.29, 1.82) is 0 Å². The first-order valence-corrected chi connectivity index (χ1v) is 8.93. The Morgan fingerprint density at radius 2 is 1.81 bits per heavy atom. The van der Waals surface area contributed by atoms with Gasteiger partial charge in [0.25, 0.3) is 11.6 Å². The highest BCUT2D eigenvalue weighted by atomic mass is 16.6. The van der Waals surface area contributed by atoms with E-state index in [4.69, 9.17) is 0 Å². The van der Waals surface area contributed by atoms with Crippen LogP contribution in [-0.2, 0) is 0 Å². The molecule has 0 bridgehead atoms. The fourth-order valence-corrected chi connectivity index (χ4v) is 2.49. The molecule has 0 unspecified atom stereocenters. The number of benzene rings is 2. The fourth-order valence-electron chi connectivity index (χ4n) is 2.49. The Bertz CT molecular complexity index is 812. The number of hydrazone groups is 1. The van der Waals surface area contributed by atoms with Gasteiger partial charge in [-0.25, -0.2) is 5.43 Å². The number of amides is 1. The minimum absolute atomic E-state index is 0.0564. The highest BCUT2D eigenvalue weighted by Crippen LogP contribution is 2.13. The summed E-state index contributed by atoms with van der Waals surface area (Å²) in [4.78, 5) is 22.3. The Morgan fingerprint density at radius 3 is 2.44 bits per heavy atom. The van der Waals surface area contributed by atoms with Gasteiger partial charge in [-0.15, -0.1) is 0 Å². The van der Waals surface area contributed by atoms with E-state index in [2.05, 4.69) is 23.5 Å². The Balaban J connectivity index is 2.02. The molecule has 2 aromatic rings. The van der Waals surface area contributed by atoms with Gasteiger partial charge in [-0.3, -0.25) is 14.9 Å². The zero-order valence-electron chi connectivity index (χ0n) is 15.3. The Hall–Kier alpha value is -3.28. The second-order valence-electron chi connectivity index (χ2n) is 6.09. The molecule has 2 rings (SSSR count). The Morgan fingerprint density at radius 1 is 1.11 bits per heavy atom. The third kappa shape index (κ3) is 6.86. The van der Waals surface area contributed by atoms with Gasteiger partial charge in [0, 0.05) is 17.7 Å². The molecule has 1 amide bonds. The van der Waals surface area contributed by atoms with Crippen LogP contribution in [0.5, 0.6) is 0 Å². The summed E-state index contributed by atoms with van der Waals surface area (Å²) < 4.78 is 0. The molecule has 0 spiro atoms. The minimum Gasteiger partial charge on any atom is -0.267 e. The van der Waals surface area contributed by atoms with Gasteiger partial charge in [0.15, 0.2) is 0 Å². The zero-order valence-corrected chi connectivity index (χ0v) is 15.3. The van der Waals surface area contributed by atoms with E-state index in [0.717, 1.165) is 36.8 Å². The molecule has 2 aromatic carbocycles. The SMILES string of the molecule is CCCCCC(/C=N/NC(=O)c1ccc([N+](=O)[O-])cc1)=C\c1ccccc1. The summed E-state index contributed by atoms with van der Waals surface area (Å²) in [5.74, 6) is -0.409. The summed E-state index contributed by atoms with van der Waals surface area (Å²) in [5.41, 5.74) is 4.84. The van der Waals surface area contributed by atoms with Crippen molar-refractivity contribution in [2.24, 2.45) is 5.10 Å². The zero-order chi connectivity index (χ0) is 19.5. The van der Waals surface area contributed by atoms with Crippen molar-refractivity contribution in [2.75, 3.05) is 0 Å². The molecule has 0 aliphatic rings. The third-order valence-corrected chi connectivity index (χ3v) is 3.96. The van der Waals surface area contributed by atoms with Crippen LogP contribution in [0.1, 0.15) is 48.5 Å². The van der Waals surface area contributed by atoms with Crippen LogP contribution in [0, 0.1) is 10.1 Å². The highest BCUT2D eigenvalue weighted by molar-refractivity contribution is 5.95. The summed E-state index contributed by atoms with van der Waals surface area (Å²) in [7, 11) is 0. The molecular weight excluding hydrogens is 342 g/mol. The van der Waals surface area contributed by atoms with Crippen LogP contribution < -0.4 is 5.43 Å². The lowest BCUT2D eigenvalue weighted by molar-refractivity contribution is -0.384. The summed E-state index contributed by atoms with van der Waals surface area (Å²) in [5, 5.41) is 14.7. The first kappa shape index (κ1) is 20.0. The van der Waals surface area contributed by atoms with Crippen LogP contribution in [0.15, 0.2) is 65.3 Å². The molecule has 0 aliphatic carbocycles. The smallest absolute Gasteiger partial charge is 0.267 e. The van der Waals surface area contributed by atoms with Crippen LogP contribution in [0.25, 0.3) is 6.08 Å². The predicted octanol–water partition coefficient (Wildman–Crippen LogP) is 4.97. The topological polar surface area (TPSA) is 84.6 Å². The van der Waals surface area contributed by atoms with Crippen LogP contribution in [0.2, 0.25) is 0 Å². The van der Waals surface area contributed by atoms with Gasteiger partial charge in [0.2, 0.25) is 0 Å². The van der Waals surface area contributed by atoms with Gasteiger partial charge < -0.3 is 0 Å². The molecule has 140 valence electrons. The van der Waals surface area contributed by atoms with Gasteiger partial charge in [0.1, 0.15) is 0 Å². The van der Waals surface area contributed by atoms with E-state index in [1.165, 1.54) is 24.3 Å². The molecule has 27 heavy (non-hydrogen) atoms. The summed E-state index contributed by atoms with van der Waals surface area (Å²) in [6.45, 7) is 2.15. The van der Waals surface area contributed by atoms with E-state index in [1.807, 2.05) is 30.3 Å². The number of hydrogen-bond acceptors (Lipinski definition) is 4. The predicted molar refractivity (Wildman–Crippen MR) is 108 cm³/mol. The average Bonchev–Trinajstić information content (AvgIpc) is 2.68. The second-order valence-corrected chi connectivity index (χ2v) is 6.09. The maximum absolute atomic E-state index is 12.1. The number of carbonyl (C=O) groups excluding carboxylic acids is 1. The number of hydrogen-bond donors (Lipinski definition) is 1. The molecule has 0 saturated carbocycles. The summed E-state index contributed by atoms with van der Waals surface area (Å²) in [6.07, 6.45) is 7.90. The second kappa shape index (κ2) is 10.7. The van der Waals surface area contributed by atoms with Crippen molar-refractivity contribution < 1.29 is 9.72 Å². The highest BCUT2D eigenvalue weighted by Gasteiger charge is 2.08. The number of nitrogens with zero attached hydrogens (tertiary/aromatic N) is 2. The molecular formula is C21H23N3O3. The number of nitrogens with one attached hydrogen (secondary N) is 1. The molecule has 0 aliphatic heterocycles. The van der Waals surface area contributed by atoms with Crippen molar-refractivity contribution in [2.45, 2.75) is 32.6 Å². The average molecular weight is 365 g/mol. The monoisotopic (exact) mass is 365 g/mol. The quantitative estimate of drug-likeness (QED) is 0.294. The summed E-state index contributed by atoms with van der Waals surface area (Å²) >= 11 is 0. The van der Waals surface area contributed by atoms with E-state index in [1.54, 1.807) is 6.21 Å². The molecule has 0 saturated heterocycles.